The predicted octanol–water partition coefficient (Wildman–Crippen LogP) is 1.40. The molecule has 0 aliphatic heterocycles. The molecule has 0 fully saturated rings. The van der Waals surface area contributed by atoms with Gasteiger partial charge in [0.2, 0.25) is 5.91 Å². The molecule has 0 aromatic rings. The number of hydrogen-bond donors (Lipinski definition) is 2. The van der Waals surface area contributed by atoms with Crippen molar-refractivity contribution in [2.75, 3.05) is 0 Å². The summed E-state index contributed by atoms with van der Waals surface area (Å²) in [4.78, 5) is 21.8. The highest BCUT2D eigenvalue weighted by molar-refractivity contribution is 5.85. The van der Waals surface area contributed by atoms with Gasteiger partial charge in [0.15, 0.2) is 0 Å². The van der Waals surface area contributed by atoms with Crippen molar-refractivity contribution in [3.05, 3.63) is 0 Å². The lowest BCUT2D eigenvalue weighted by atomic mass is 9.92. The molecule has 0 rings (SSSR count). The van der Waals surface area contributed by atoms with Gasteiger partial charge in [-0.2, -0.15) is 0 Å². The molecule has 0 aromatic heterocycles. The monoisotopic (exact) mass is 201 g/mol. The van der Waals surface area contributed by atoms with Crippen molar-refractivity contribution >= 4 is 11.9 Å². The van der Waals surface area contributed by atoms with E-state index in [0.29, 0.717) is 12.3 Å². The van der Waals surface area contributed by atoms with Crippen molar-refractivity contribution in [1.29, 1.82) is 0 Å². The van der Waals surface area contributed by atoms with E-state index in [9.17, 15) is 9.59 Å². The Bertz CT molecular complexity index is 225. The molecule has 0 bridgehead atoms. The van der Waals surface area contributed by atoms with Crippen LogP contribution in [0.1, 0.15) is 40.5 Å². The van der Waals surface area contributed by atoms with Crippen LogP contribution in [0.2, 0.25) is 0 Å². The largest absolute Gasteiger partial charge is 0.480 e. The van der Waals surface area contributed by atoms with Gasteiger partial charge in [-0.15, -0.1) is 0 Å². The fraction of sp³-hybridized carbons (Fsp3) is 0.800. The maximum atomic E-state index is 11.0. The van der Waals surface area contributed by atoms with Gasteiger partial charge in [-0.3, -0.25) is 4.79 Å². The Kier molecular flexibility index (Phi) is 4.60. The standard InChI is InChI=1S/C10H19NO3/c1-7(2)5-6-10(4,9(13)14)11-8(3)12/h7H,5-6H2,1-4H3,(H,11,12)(H,13,14)/t10-/m0/s1. The number of hydrogen-bond acceptors (Lipinski definition) is 2. The van der Waals surface area contributed by atoms with Crippen molar-refractivity contribution in [2.45, 2.75) is 46.1 Å². The van der Waals surface area contributed by atoms with Gasteiger partial charge in [0, 0.05) is 6.92 Å². The number of carboxylic acid groups (broad SMARTS) is 1. The van der Waals surface area contributed by atoms with Gasteiger partial charge < -0.3 is 10.4 Å². The Morgan fingerprint density at radius 1 is 1.43 bits per heavy atom. The lowest BCUT2D eigenvalue weighted by molar-refractivity contribution is -0.147. The molecule has 0 aliphatic carbocycles. The third-order valence-electron chi connectivity index (χ3n) is 2.15. The number of aliphatic carboxylic acids is 1. The van der Waals surface area contributed by atoms with E-state index in [1.807, 2.05) is 13.8 Å². The van der Waals surface area contributed by atoms with Crippen LogP contribution in [0.3, 0.4) is 0 Å². The summed E-state index contributed by atoms with van der Waals surface area (Å²) in [6.07, 6.45) is 1.24. The van der Waals surface area contributed by atoms with Gasteiger partial charge >= 0.3 is 5.97 Å². The molecule has 82 valence electrons. The summed E-state index contributed by atoms with van der Waals surface area (Å²) in [6, 6.07) is 0. The average molecular weight is 201 g/mol. The SMILES string of the molecule is CC(=O)N[C@@](C)(CCC(C)C)C(=O)O. The van der Waals surface area contributed by atoms with Crippen LogP contribution in [0.25, 0.3) is 0 Å². The Morgan fingerprint density at radius 3 is 2.21 bits per heavy atom. The van der Waals surface area contributed by atoms with E-state index in [1.165, 1.54) is 6.92 Å². The Morgan fingerprint density at radius 2 is 1.93 bits per heavy atom. The second kappa shape index (κ2) is 4.98. The molecule has 0 aliphatic rings. The summed E-state index contributed by atoms with van der Waals surface area (Å²) in [5, 5.41) is 11.5. The number of nitrogens with one attached hydrogen (secondary N) is 1. The minimum atomic E-state index is -1.13. The summed E-state index contributed by atoms with van der Waals surface area (Å²) >= 11 is 0. The van der Waals surface area contributed by atoms with Gasteiger partial charge in [0.05, 0.1) is 0 Å². The molecule has 4 nitrogen and oxygen atoms in total. The summed E-state index contributed by atoms with van der Waals surface area (Å²) in [6.45, 7) is 6.92. The predicted molar refractivity (Wildman–Crippen MR) is 53.9 cm³/mol. The van der Waals surface area contributed by atoms with E-state index in [1.54, 1.807) is 6.92 Å². The minimum Gasteiger partial charge on any atom is -0.480 e. The summed E-state index contributed by atoms with van der Waals surface area (Å²) in [5.41, 5.74) is -1.13. The van der Waals surface area contributed by atoms with E-state index in [-0.39, 0.29) is 5.91 Å². The highest BCUT2D eigenvalue weighted by Gasteiger charge is 2.33. The third kappa shape index (κ3) is 4.25. The van der Waals surface area contributed by atoms with Gasteiger partial charge in [-0.1, -0.05) is 13.8 Å². The van der Waals surface area contributed by atoms with E-state index >= 15 is 0 Å². The van der Waals surface area contributed by atoms with E-state index in [2.05, 4.69) is 5.32 Å². The molecule has 4 heteroatoms. The number of amides is 1. The van der Waals surface area contributed by atoms with Gasteiger partial charge in [0.25, 0.3) is 0 Å². The fourth-order valence-electron chi connectivity index (χ4n) is 1.19. The van der Waals surface area contributed by atoms with E-state index in [4.69, 9.17) is 5.11 Å². The molecule has 0 radical (unpaired) electrons. The molecule has 0 aromatic carbocycles. The van der Waals surface area contributed by atoms with Crippen LogP contribution in [-0.4, -0.2) is 22.5 Å². The van der Waals surface area contributed by atoms with Crippen molar-refractivity contribution < 1.29 is 14.7 Å². The zero-order valence-electron chi connectivity index (χ0n) is 9.26. The molecular weight excluding hydrogens is 182 g/mol. The highest BCUT2D eigenvalue weighted by atomic mass is 16.4. The van der Waals surface area contributed by atoms with Crippen LogP contribution in [0.5, 0.6) is 0 Å². The van der Waals surface area contributed by atoms with Gasteiger partial charge in [0.1, 0.15) is 5.54 Å². The Hall–Kier alpha value is -1.06. The molecule has 0 saturated carbocycles. The van der Waals surface area contributed by atoms with E-state index in [0.717, 1.165) is 6.42 Å². The lowest BCUT2D eigenvalue weighted by Crippen LogP contribution is -2.51. The zero-order valence-corrected chi connectivity index (χ0v) is 9.26. The van der Waals surface area contributed by atoms with Crippen LogP contribution >= 0.6 is 0 Å². The minimum absolute atomic E-state index is 0.307. The van der Waals surface area contributed by atoms with Crippen molar-refractivity contribution in [3.8, 4) is 0 Å². The number of carboxylic acids is 1. The molecular formula is C10H19NO3. The third-order valence-corrected chi connectivity index (χ3v) is 2.15. The molecule has 0 saturated heterocycles. The van der Waals surface area contributed by atoms with Crippen LogP contribution in [0.15, 0.2) is 0 Å². The molecule has 2 N–H and O–H groups in total. The van der Waals surface area contributed by atoms with Crippen LogP contribution in [-0.2, 0) is 9.59 Å². The first-order valence-corrected chi connectivity index (χ1v) is 4.80. The van der Waals surface area contributed by atoms with Gasteiger partial charge in [-0.25, -0.2) is 4.79 Å². The molecule has 14 heavy (non-hydrogen) atoms. The molecule has 0 unspecified atom stereocenters. The first-order chi connectivity index (χ1) is 6.28. The summed E-state index contributed by atoms with van der Waals surface area (Å²) < 4.78 is 0. The normalized spacial score (nSPS) is 14.9. The smallest absolute Gasteiger partial charge is 0.329 e. The average Bonchev–Trinajstić information content (AvgIpc) is 1.99. The first kappa shape index (κ1) is 12.9. The van der Waals surface area contributed by atoms with Crippen molar-refractivity contribution in [1.82, 2.24) is 5.32 Å². The quantitative estimate of drug-likeness (QED) is 0.706. The maximum absolute atomic E-state index is 11.0. The van der Waals surface area contributed by atoms with Crippen molar-refractivity contribution in [2.24, 2.45) is 5.92 Å². The Balaban J connectivity index is 4.39. The fourth-order valence-corrected chi connectivity index (χ4v) is 1.19. The second-order valence-electron chi connectivity index (χ2n) is 4.25. The highest BCUT2D eigenvalue weighted by Crippen LogP contribution is 2.16. The summed E-state index contributed by atoms with van der Waals surface area (Å²) in [5.74, 6) is -0.852. The molecule has 1 amide bonds. The molecule has 0 spiro atoms. The number of rotatable bonds is 5. The lowest BCUT2D eigenvalue weighted by Gasteiger charge is -2.26. The maximum Gasteiger partial charge on any atom is 0.329 e. The second-order valence-corrected chi connectivity index (χ2v) is 4.25. The topological polar surface area (TPSA) is 66.4 Å². The number of carbonyl (C=O) groups is 2. The summed E-state index contributed by atoms with van der Waals surface area (Å²) in [7, 11) is 0. The zero-order chi connectivity index (χ0) is 11.4. The van der Waals surface area contributed by atoms with E-state index < -0.39 is 11.5 Å². The van der Waals surface area contributed by atoms with Gasteiger partial charge in [-0.05, 0) is 25.7 Å². The van der Waals surface area contributed by atoms with Crippen molar-refractivity contribution in [3.63, 3.8) is 0 Å². The molecule has 1 atom stereocenters. The van der Waals surface area contributed by atoms with Crippen LogP contribution in [0, 0.1) is 5.92 Å². The van der Waals surface area contributed by atoms with Crippen LogP contribution in [0.4, 0.5) is 0 Å². The Labute approximate surface area is 84.7 Å². The molecule has 0 heterocycles. The number of carbonyl (C=O) groups excluding carboxylic acids is 1. The van der Waals surface area contributed by atoms with Crippen LogP contribution < -0.4 is 5.32 Å². The first-order valence-electron chi connectivity index (χ1n) is 4.80.